The van der Waals surface area contributed by atoms with Gasteiger partial charge in [0.2, 0.25) is 0 Å². The maximum atomic E-state index is 12.6. The van der Waals surface area contributed by atoms with E-state index in [9.17, 15) is 4.79 Å². The molecule has 0 amide bonds. The fourth-order valence-electron chi connectivity index (χ4n) is 2.21. The summed E-state index contributed by atoms with van der Waals surface area (Å²) in [4.78, 5) is 12.6. The summed E-state index contributed by atoms with van der Waals surface area (Å²) >= 11 is 0. The van der Waals surface area contributed by atoms with Crippen LogP contribution < -0.4 is 5.32 Å². The van der Waals surface area contributed by atoms with Crippen molar-refractivity contribution in [3.8, 4) is 0 Å². The summed E-state index contributed by atoms with van der Waals surface area (Å²) in [6.45, 7) is 3.96. The van der Waals surface area contributed by atoms with Gasteiger partial charge in [-0.25, -0.2) is 0 Å². The topological polar surface area (TPSA) is 29.1 Å². The van der Waals surface area contributed by atoms with Crippen LogP contribution in [0.25, 0.3) is 0 Å². The molecule has 0 spiro atoms. The number of nitrogens with one attached hydrogen (secondary N) is 1. The quantitative estimate of drug-likeness (QED) is 0.834. The lowest BCUT2D eigenvalue weighted by Crippen LogP contribution is -2.12. The monoisotopic (exact) mass is 253 g/mol. The lowest BCUT2D eigenvalue weighted by molar-refractivity contribution is 0.0967. The molecule has 1 atom stereocenters. The lowest BCUT2D eigenvalue weighted by atomic mass is 9.91. The molecule has 0 aliphatic rings. The van der Waals surface area contributed by atoms with Gasteiger partial charge in [-0.1, -0.05) is 48.9 Å². The summed E-state index contributed by atoms with van der Waals surface area (Å²) in [7, 11) is 1.84. The van der Waals surface area contributed by atoms with E-state index >= 15 is 0 Å². The SMILES string of the molecule is CNc1ccc(C)cc1C(=O)C(C)c1ccccc1. The Morgan fingerprint density at radius 2 is 1.79 bits per heavy atom. The van der Waals surface area contributed by atoms with Gasteiger partial charge in [-0.2, -0.15) is 0 Å². The highest BCUT2D eigenvalue weighted by atomic mass is 16.1. The summed E-state index contributed by atoms with van der Waals surface area (Å²) in [5.41, 5.74) is 3.80. The highest BCUT2D eigenvalue weighted by Gasteiger charge is 2.19. The van der Waals surface area contributed by atoms with Gasteiger partial charge >= 0.3 is 0 Å². The molecule has 2 heteroatoms. The van der Waals surface area contributed by atoms with Crippen LogP contribution in [0.3, 0.4) is 0 Å². The number of aryl methyl sites for hydroxylation is 1. The Morgan fingerprint density at radius 3 is 2.42 bits per heavy atom. The van der Waals surface area contributed by atoms with E-state index in [4.69, 9.17) is 0 Å². The first-order valence-corrected chi connectivity index (χ1v) is 6.51. The lowest BCUT2D eigenvalue weighted by Gasteiger charge is -2.14. The molecule has 0 aliphatic carbocycles. The second kappa shape index (κ2) is 5.70. The van der Waals surface area contributed by atoms with Gasteiger partial charge in [0.05, 0.1) is 0 Å². The Balaban J connectivity index is 2.37. The van der Waals surface area contributed by atoms with E-state index < -0.39 is 0 Å². The summed E-state index contributed by atoms with van der Waals surface area (Å²) in [6, 6.07) is 15.8. The molecule has 2 aromatic rings. The fraction of sp³-hybridized carbons (Fsp3) is 0.235. The molecule has 2 nitrogen and oxygen atoms in total. The third-order valence-electron chi connectivity index (χ3n) is 3.40. The fourth-order valence-corrected chi connectivity index (χ4v) is 2.21. The summed E-state index contributed by atoms with van der Waals surface area (Å²) in [5, 5.41) is 3.09. The van der Waals surface area contributed by atoms with E-state index in [1.165, 1.54) is 0 Å². The minimum atomic E-state index is -0.130. The molecule has 0 bridgehead atoms. The smallest absolute Gasteiger partial charge is 0.172 e. The molecule has 0 saturated heterocycles. The Bertz CT molecular complexity index is 575. The molecule has 0 radical (unpaired) electrons. The first-order chi connectivity index (χ1) is 9.13. The van der Waals surface area contributed by atoms with Gasteiger partial charge in [-0.05, 0) is 24.6 Å². The van der Waals surface area contributed by atoms with Crippen LogP contribution in [0.5, 0.6) is 0 Å². The van der Waals surface area contributed by atoms with Crippen LogP contribution in [-0.4, -0.2) is 12.8 Å². The summed E-state index contributed by atoms with van der Waals surface area (Å²) < 4.78 is 0. The van der Waals surface area contributed by atoms with Crippen molar-refractivity contribution in [2.75, 3.05) is 12.4 Å². The van der Waals surface area contributed by atoms with Crippen LogP contribution in [0.4, 0.5) is 5.69 Å². The van der Waals surface area contributed by atoms with E-state index in [-0.39, 0.29) is 11.7 Å². The van der Waals surface area contributed by atoms with Crippen molar-refractivity contribution >= 4 is 11.5 Å². The molecule has 0 aliphatic heterocycles. The molecular formula is C17H19NO. The Hall–Kier alpha value is -2.09. The van der Waals surface area contributed by atoms with Gasteiger partial charge in [0.25, 0.3) is 0 Å². The van der Waals surface area contributed by atoms with Crippen molar-refractivity contribution in [3.63, 3.8) is 0 Å². The predicted octanol–water partition coefficient (Wildman–Crippen LogP) is 4.02. The predicted molar refractivity (Wildman–Crippen MR) is 79.9 cm³/mol. The van der Waals surface area contributed by atoms with E-state index in [0.717, 1.165) is 22.4 Å². The Labute approximate surface area is 114 Å². The van der Waals surface area contributed by atoms with Crippen LogP contribution in [-0.2, 0) is 0 Å². The Morgan fingerprint density at radius 1 is 1.11 bits per heavy atom. The molecule has 0 aromatic heterocycles. The van der Waals surface area contributed by atoms with Crippen molar-refractivity contribution in [1.29, 1.82) is 0 Å². The zero-order chi connectivity index (χ0) is 13.8. The number of benzene rings is 2. The van der Waals surface area contributed by atoms with Gasteiger partial charge in [0, 0.05) is 24.2 Å². The van der Waals surface area contributed by atoms with Gasteiger partial charge < -0.3 is 5.32 Å². The highest BCUT2D eigenvalue weighted by Crippen LogP contribution is 2.25. The van der Waals surface area contributed by atoms with Crippen molar-refractivity contribution in [2.45, 2.75) is 19.8 Å². The third-order valence-corrected chi connectivity index (χ3v) is 3.40. The standard InChI is InChI=1S/C17H19NO/c1-12-9-10-16(18-3)15(11-12)17(19)13(2)14-7-5-4-6-8-14/h4-11,13,18H,1-3H3. The van der Waals surface area contributed by atoms with Crippen LogP contribution in [0.2, 0.25) is 0 Å². The van der Waals surface area contributed by atoms with Crippen LogP contribution in [0, 0.1) is 6.92 Å². The maximum Gasteiger partial charge on any atom is 0.172 e. The molecular weight excluding hydrogens is 234 g/mol. The second-order valence-corrected chi connectivity index (χ2v) is 4.80. The molecule has 19 heavy (non-hydrogen) atoms. The molecule has 0 fully saturated rings. The molecule has 0 heterocycles. The van der Waals surface area contributed by atoms with Crippen molar-refractivity contribution in [2.24, 2.45) is 0 Å². The largest absolute Gasteiger partial charge is 0.388 e. The number of hydrogen-bond acceptors (Lipinski definition) is 2. The van der Waals surface area contributed by atoms with E-state index in [2.05, 4.69) is 5.32 Å². The van der Waals surface area contributed by atoms with Gasteiger partial charge in [-0.15, -0.1) is 0 Å². The third kappa shape index (κ3) is 2.84. The number of anilines is 1. The zero-order valence-electron chi connectivity index (χ0n) is 11.6. The molecule has 0 saturated carbocycles. The zero-order valence-corrected chi connectivity index (χ0v) is 11.6. The summed E-state index contributed by atoms with van der Waals surface area (Å²) in [5.74, 6) is 0.0225. The summed E-state index contributed by atoms with van der Waals surface area (Å²) in [6.07, 6.45) is 0. The highest BCUT2D eigenvalue weighted by molar-refractivity contribution is 6.05. The van der Waals surface area contributed by atoms with E-state index in [0.29, 0.717) is 0 Å². The van der Waals surface area contributed by atoms with Crippen molar-refractivity contribution < 1.29 is 4.79 Å². The molecule has 1 N–H and O–H groups in total. The average molecular weight is 253 g/mol. The minimum Gasteiger partial charge on any atom is -0.388 e. The number of carbonyl (C=O) groups excluding carboxylic acids is 1. The molecule has 1 unspecified atom stereocenters. The van der Waals surface area contributed by atoms with E-state index in [1.54, 1.807) is 0 Å². The van der Waals surface area contributed by atoms with Gasteiger partial charge in [0.15, 0.2) is 5.78 Å². The van der Waals surface area contributed by atoms with Crippen LogP contribution in [0.15, 0.2) is 48.5 Å². The van der Waals surface area contributed by atoms with Crippen LogP contribution >= 0.6 is 0 Å². The number of carbonyl (C=O) groups is 1. The van der Waals surface area contributed by atoms with Crippen molar-refractivity contribution in [3.05, 3.63) is 65.2 Å². The van der Waals surface area contributed by atoms with Crippen LogP contribution in [0.1, 0.15) is 34.3 Å². The van der Waals surface area contributed by atoms with Gasteiger partial charge in [-0.3, -0.25) is 4.79 Å². The molecule has 2 rings (SSSR count). The average Bonchev–Trinajstić information content (AvgIpc) is 2.46. The van der Waals surface area contributed by atoms with Crippen molar-refractivity contribution in [1.82, 2.24) is 0 Å². The first-order valence-electron chi connectivity index (χ1n) is 6.51. The number of hydrogen-bond donors (Lipinski definition) is 1. The second-order valence-electron chi connectivity index (χ2n) is 4.80. The maximum absolute atomic E-state index is 12.6. The molecule has 2 aromatic carbocycles. The number of ketones is 1. The molecule has 98 valence electrons. The normalized spacial score (nSPS) is 11.9. The minimum absolute atomic E-state index is 0.130. The van der Waals surface area contributed by atoms with E-state index in [1.807, 2.05) is 69.4 Å². The Kier molecular flexibility index (Phi) is 4.00. The number of rotatable bonds is 4. The van der Waals surface area contributed by atoms with Gasteiger partial charge in [0.1, 0.15) is 0 Å². The number of Topliss-reactive ketones (excluding diaryl/α,β-unsaturated/α-hetero) is 1. The first kappa shape index (κ1) is 13.3.